The van der Waals surface area contributed by atoms with Gasteiger partial charge in [-0.25, -0.2) is 4.79 Å². The second-order valence-electron chi connectivity index (χ2n) is 8.03. The lowest BCUT2D eigenvalue weighted by Gasteiger charge is -2.35. The zero-order valence-corrected chi connectivity index (χ0v) is 19.6. The molecule has 12 heteroatoms. The number of halogens is 1. The van der Waals surface area contributed by atoms with Gasteiger partial charge in [0.15, 0.2) is 6.10 Å². The zero-order valence-electron chi connectivity index (χ0n) is 18.9. The molecule has 1 aliphatic rings. The van der Waals surface area contributed by atoms with Crippen LogP contribution in [0.25, 0.3) is 0 Å². The highest BCUT2D eigenvalue weighted by Gasteiger charge is 2.32. The van der Waals surface area contributed by atoms with E-state index in [4.69, 9.17) is 16.3 Å². The Morgan fingerprint density at radius 1 is 1.09 bits per heavy atom. The van der Waals surface area contributed by atoms with Crippen LogP contribution in [0.3, 0.4) is 0 Å². The lowest BCUT2D eigenvalue weighted by atomic mass is 10.0. The average molecular weight is 483 g/mol. The van der Waals surface area contributed by atoms with Gasteiger partial charge in [0, 0.05) is 45.2 Å². The fraction of sp³-hybridized carbons (Fsp3) is 0.524. The number of nitrogens with one attached hydrogen (secondary N) is 1. The van der Waals surface area contributed by atoms with Gasteiger partial charge in [0.2, 0.25) is 5.91 Å². The molecule has 2 atom stereocenters. The van der Waals surface area contributed by atoms with E-state index in [0.29, 0.717) is 26.2 Å². The number of nitro groups is 1. The molecule has 2 rings (SSSR count). The Bertz CT molecular complexity index is 945. The van der Waals surface area contributed by atoms with Crippen molar-refractivity contribution >= 4 is 41.0 Å². The first-order chi connectivity index (χ1) is 15.4. The molecule has 1 aliphatic heterocycles. The number of non-ortho nitro benzene ring substituents is 1. The molecule has 0 aromatic heterocycles. The van der Waals surface area contributed by atoms with E-state index in [1.165, 1.54) is 24.8 Å². The first kappa shape index (κ1) is 26.0. The maximum absolute atomic E-state index is 12.7. The van der Waals surface area contributed by atoms with Crippen molar-refractivity contribution in [2.24, 2.45) is 5.92 Å². The molecule has 1 aromatic carbocycles. The van der Waals surface area contributed by atoms with Gasteiger partial charge in [0.1, 0.15) is 6.04 Å². The van der Waals surface area contributed by atoms with Crippen LogP contribution in [-0.2, 0) is 19.1 Å². The Hall–Kier alpha value is -3.21. The van der Waals surface area contributed by atoms with Gasteiger partial charge in [-0.2, -0.15) is 0 Å². The Kier molecular flexibility index (Phi) is 8.75. The number of nitrogens with zero attached hydrogens (tertiary/aromatic N) is 3. The SMILES string of the molecule is CC(=O)N1CCN(C(=O)C(C)OC(=O)[C@@H](NC(=O)c2ccc([N+](=O)[O-])cc2Cl)C(C)C)CC1. The predicted octanol–water partition coefficient (Wildman–Crippen LogP) is 1.62. The molecule has 1 fully saturated rings. The number of rotatable bonds is 7. The number of carbonyl (C=O) groups is 4. The summed E-state index contributed by atoms with van der Waals surface area (Å²) in [6, 6.07) is 2.31. The van der Waals surface area contributed by atoms with Crippen molar-refractivity contribution < 1.29 is 28.8 Å². The van der Waals surface area contributed by atoms with Gasteiger partial charge >= 0.3 is 5.97 Å². The molecule has 1 unspecified atom stereocenters. The van der Waals surface area contributed by atoms with Crippen LogP contribution in [0.4, 0.5) is 5.69 Å². The quantitative estimate of drug-likeness (QED) is 0.354. The summed E-state index contributed by atoms with van der Waals surface area (Å²) in [6.45, 7) is 7.78. The molecule has 1 heterocycles. The lowest BCUT2D eigenvalue weighted by molar-refractivity contribution is -0.384. The number of carbonyl (C=O) groups excluding carboxylic acids is 4. The number of amides is 3. The van der Waals surface area contributed by atoms with Gasteiger partial charge in [-0.1, -0.05) is 25.4 Å². The van der Waals surface area contributed by atoms with Crippen LogP contribution < -0.4 is 5.32 Å². The van der Waals surface area contributed by atoms with Gasteiger partial charge < -0.3 is 19.9 Å². The molecule has 1 aromatic rings. The highest BCUT2D eigenvalue weighted by Crippen LogP contribution is 2.23. The fourth-order valence-electron chi connectivity index (χ4n) is 3.32. The van der Waals surface area contributed by atoms with E-state index in [2.05, 4.69) is 5.32 Å². The summed E-state index contributed by atoms with van der Waals surface area (Å²) in [5.41, 5.74) is -0.305. The lowest BCUT2D eigenvalue weighted by Crippen LogP contribution is -2.53. The van der Waals surface area contributed by atoms with Crippen molar-refractivity contribution in [3.05, 3.63) is 38.9 Å². The highest BCUT2D eigenvalue weighted by molar-refractivity contribution is 6.34. The Morgan fingerprint density at radius 3 is 2.15 bits per heavy atom. The molecule has 0 radical (unpaired) electrons. The third-order valence-electron chi connectivity index (χ3n) is 5.29. The summed E-state index contributed by atoms with van der Waals surface area (Å²) < 4.78 is 5.33. The summed E-state index contributed by atoms with van der Waals surface area (Å²) >= 11 is 6.00. The van der Waals surface area contributed by atoms with Gasteiger partial charge in [0.05, 0.1) is 15.5 Å². The van der Waals surface area contributed by atoms with Crippen molar-refractivity contribution in [1.29, 1.82) is 0 Å². The fourth-order valence-corrected chi connectivity index (χ4v) is 3.58. The summed E-state index contributed by atoms with van der Waals surface area (Å²) in [5, 5.41) is 13.2. The average Bonchev–Trinajstić information content (AvgIpc) is 2.76. The van der Waals surface area contributed by atoms with Crippen LogP contribution in [0, 0.1) is 16.0 Å². The number of benzene rings is 1. The maximum Gasteiger partial charge on any atom is 0.329 e. The van der Waals surface area contributed by atoms with E-state index in [1.807, 2.05) is 0 Å². The van der Waals surface area contributed by atoms with Crippen LogP contribution in [0.5, 0.6) is 0 Å². The van der Waals surface area contributed by atoms with Crippen molar-refractivity contribution in [3.63, 3.8) is 0 Å². The number of piperazine rings is 1. The van der Waals surface area contributed by atoms with Crippen LogP contribution in [0.15, 0.2) is 18.2 Å². The first-order valence-electron chi connectivity index (χ1n) is 10.4. The summed E-state index contributed by atoms with van der Waals surface area (Å²) in [5.74, 6) is -2.33. The molecule has 1 saturated heterocycles. The molecule has 3 amide bonds. The smallest absolute Gasteiger partial charge is 0.329 e. The Labute approximate surface area is 196 Å². The molecule has 180 valence electrons. The van der Waals surface area contributed by atoms with Crippen LogP contribution in [0.2, 0.25) is 5.02 Å². The Balaban J connectivity index is 2.02. The maximum atomic E-state index is 12.7. The van der Waals surface area contributed by atoms with E-state index >= 15 is 0 Å². The van der Waals surface area contributed by atoms with Crippen molar-refractivity contribution in [3.8, 4) is 0 Å². The third-order valence-corrected chi connectivity index (χ3v) is 5.61. The minimum absolute atomic E-state index is 0.0341. The minimum Gasteiger partial charge on any atom is -0.451 e. The van der Waals surface area contributed by atoms with Crippen molar-refractivity contribution in [2.75, 3.05) is 26.2 Å². The standard InChI is InChI=1S/C21H27ClN4O7/c1-12(2)18(23-19(28)16-6-5-15(26(31)32)11-17(16)22)21(30)33-13(3)20(29)25-9-7-24(8-10-25)14(4)27/h5-6,11-13,18H,7-10H2,1-4H3,(H,23,28)/t13?,18-/m0/s1. The van der Waals surface area contributed by atoms with E-state index in [-0.39, 0.29) is 28.1 Å². The summed E-state index contributed by atoms with van der Waals surface area (Å²) in [4.78, 5) is 62.8. The first-order valence-corrected chi connectivity index (χ1v) is 10.8. The number of hydrogen-bond donors (Lipinski definition) is 1. The molecule has 0 saturated carbocycles. The monoisotopic (exact) mass is 482 g/mol. The largest absolute Gasteiger partial charge is 0.451 e. The Morgan fingerprint density at radius 2 is 1.67 bits per heavy atom. The second-order valence-corrected chi connectivity index (χ2v) is 8.43. The number of ether oxygens (including phenoxy) is 1. The second kappa shape index (κ2) is 11.1. The van der Waals surface area contributed by atoms with Gasteiger partial charge in [0.25, 0.3) is 17.5 Å². The minimum atomic E-state index is -1.08. The van der Waals surface area contributed by atoms with Gasteiger partial charge in [-0.3, -0.25) is 24.5 Å². The predicted molar refractivity (Wildman–Crippen MR) is 119 cm³/mol. The summed E-state index contributed by atoms with van der Waals surface area (Å²) in [7, 11) is 0. The topological polar surface area (TPSA) is 139 Å². The van der Waals surface area contributed by atoms with E-state index < -0.39 is 34.9 Å². The summed E-state index contributed by atoms with van der Waals surface area (Å²) in [6.07, 6.45) is -1.08. The molecule has 33 heavy (non-hydrogen) atoms. The van der Waals surface area contributed by atoms with Gasteiger partial charge in [-0.15, -0.1) is 0 Å². The number of hydrogen-bond acceptors (Lipinski definition) is 7. The van der Waals surface area contributed by atoms with Crippen molar-refractivity contribution in [1.82, 2.24) is 15.1 Å². The van der Waals surface area contributed by atoms with Crippen LogP contribution in [0.1, 0.15) is 38.1 Å². The van der Waals surface area contributed by atoms with Crippen molar-refractivity contribution in [2.45, 2.75) is 39.8 Å². The molecular weight excluding hydrogens is 456 g/mol. The molecular formula is C21H27ClN4O7. The van der Waals surface area contributed by atoms with Crippen LogP contribution in [-0.4, -0.2) is 76.7 Å². The number of esters is 1. The molecule has 11 nitrogen and oxygen atoms in total. The van der Waals surface area contributed by atoms with E-state index in [9.17, 15) is 29.3 Å². The normalized spacial score (nSPS) is 15.6. The van der Waals surface area contributed by atoms with E-state index in [0.717, 1.165) is 12.1 Å². The molecule has 0 bridgehead atoms. The molecule has 1 N–H and O–H groups in total. The number of nitro benzene ring substituents is 1. The van der Waals surface area contributed by atoms with Gasteiger partial charge in [-0.05, 0) is 18.9 Å². The third kappa shape index (κ3) is 6.64. The zero-order chi connectivity index (χ0) is 24.9. The van der Waals surface area contributed by atoms with E-state index in [1.54, 1.807) is 18.7 Å². The molecule has 0 spiro atoms. The highest BCUT2D eigenvalue weighted by atomic mass is 35.5. The van der Waals surface area contributed by atoms with Crippen LogP contribution >= 0.6 is 11.6 Å². The molecule has 0 aliphatic carbocycles.